The van der Waals surface area contributed by atoms with Crippen molar-refractivity contribution < 1.29 is 14.7 Å². The van der Waals surface area contributed by atoms with Gasteiger partial charge in [-0.3, -0.25) is 9.48 Å². The molecule has 0 radical (unpaired) electrons. The van der Waals surface area contributed by atoms with Crippen LogP contribution in [0.3, 0.4) is 0 Å². The smallest absolute Gasteiger partial charge is 0.319 e. The van der Waals surface area contributed by atoms with Crippen molar-refractivity contribution in [3.8, 4) is 0 Å². The van der Waals surface area contributed by atoms with Crippen molar-refractivity contribution >= 4 is 17.7 Å². The van der Waals surface area contributed by atoms with E-state index in [1.807, 2.05) is 4.68 Å². The van der Waals surface area contributed by atoms with E-state index in [2.05, 4.69) is 29.6 Å². The summed E-state index contributed by atoms with van der Waals surface area (Å²) in [7, 11) is 0. The summed E-state index contributed by atoms with van der Waals surface area (Å²) in [6.45, 7) is 5.20. The van der Waals surface area contributed by atoms with Crippen molar-refractivity contribution in [1.82, 2.24) is 15.1 Å². The van der Waals surface area contributed by atoms with E-state index in [0.29, 0.717) is 11.8 Å². The van der Waals surface area contributed by atoms with Crippen LogP contribution in [-0.2, 0) is 11.3 Å². The van der Waals surface area contributed by atoms with Crippen LogP contribution in [0.25, 0.3) is 0 Å². The predicted octanol–water partition coefficient (Wildman–Crippen LogP) is 2.01. The highest BCUT2D eigenvalue weighted by Crippen LogP contribution is 2.43. The third kappa shape index (κ3) is 4.47. The Labute approximate surface area is 123 Å². The quantitative estimate of drug-likeness (QED) is 0.716. The Morgan fingerprint density at radius 3 is 2.76 bits per heavy atom. The van der Waals surface area contributed by atoms with Crippen LogP contribution in [0.4, 0.5) is 10.5 Å². The molecule has 0 unspecified atom stereocenters. The van der Waals surface area contributed by atoms with Crippen molar-refractivity contribution in [2.45, 2.75) is 45.6 Å². The van der Waals surface area contributed by atoms with Gasteiger partial charge in [0.25, 0.3) is 0 Å². The zero-order valence-corrected chi connectivity index (χ0v) is 12.4. The summed E-state index contributed by atoms with van der Waals surface area (Å²) in [6, 6.07) is -0.387. The molecule has 0 spiro atoms. The minimum absolute atomic E-state index is 0.0878. The standard InChI is InChI=1S/C14H22N4O3/c1-9(2)8-18-13(10-3-4-10)11(7-16-18)17-14(21)15-6-5-12(19)20/h7,9-10H,3-6,8H2,1-2H3,(H,19,20)(H2,15,17,21). The van der Waals surface area contributed by atoms with Gasteiger partial charge in [0, 0.05) is 19.0 Å². The van der Waals surface area contributed by atoms with Crippen LogP contribution in [0, 0.1) is 5.92 Å². The van der Waals surface area contributed by atoms with Crippen LogP contribution < -0.4 is 10.6 Å². The van der Waals surface area contributed by atoms with Crippen LogP contribution in [0.5, 0.6) is 0 Å². The fourth-order valence-corrected chi connectivity index (χ4v) is 2.22. The molecule has 21 heavy (non-hydrogen) atoms. The van der Waals surface area contributed by atoms with E-state index in [-0.39, 0.29) is 19.0 Å². The Morgan fingerprint density at radius 1 is 1.48 bits per heavy atom. The van der Waals surface area contributed by atoms with Crippen LogP contribution in [0.15, 0.2) is 6.20 Å². The first-order valence-corrected chi connectivity index (χ1v) is 7.29. The Morgan fingerprint density at radius 2 is 2.19 bits per heavy atom. The number of amides is 2. The molecular formula is C14H22N4O3. The number of aromatic nitrogens is 2. The number of nitrogens with one attached hydrogen (secondary N) is 2. The van der Waals surface area contributed by atoms with Gasteiger partial charge in [0.1, 0.15) is 0 Å². The van der Waals surface area contributed by atoms with Gasteiger partial charge in [0.2, 0.25) is 0 Å². The second-order valence-corrected chi connectivity index (χ2v) is 5.82. The van der Waals surface area contributed by atoms with E-state index < -0.39 is 5.97 Å². The van der Waals surface area contributed by atoms with Crippen molar-refractivity contribution in [2.24, 2.45) is 5.92 Å². The summed E-state index contributed by atoms with van der Waals surface area (Å²) in [4.78, 5) is 22.2. The van der Waals surface area contributed by atoms with Gasteiger partial charge in [-0.2, -0.15) is 5.10 Å². The highest BCUT2D eigenvalue weighted by atomic mass is 16.4. The highest BCUT2D eigenvalue weighted by Gasteiger charge is 2.31. The molecule has 1 aromatic heterocycles. The molecule has 0 aliphatic heterocycles. The monoisotopic (exact) mass is 294 g/mol. The van der Waals surface area contributed by atoms with Crippen molar-refractivity contribution in [2.75, 3.05) is 11.9 Å². The second-order valence-electron chi connectivity index (χ2n) is 5.82. The number of nitrogens with zero attached hydrogens (tertiary/aromatic N) is 2. The number of aliphatic carboxylic acids is 1. The summed E-state index contributed by atoms with van der Waals surface area (Å²) in [5.74, 6) is 0.0268. The van der Waals surface area contributed by atoms with E-state index in [1.165, 1.54) is 0 Å². The molecule has 1 saturated carbocycles. The number of hydrogen-bond acceptors (Lipinski definition) is 3. The molecule has 3 N–H and O–H groups in total. The minimum Gasteiger partial charge on any atom is -0.481 e. The SMILES string of the molecule is CC(C)Cn1ncc(NC(=O)NCCC(=O)O)c1C1CC1. The first-order valence-electron chi connectivity index (χ1n) is 7.29. The van der Waals surface area contributed by atoms with E-state index in [9.17, 15) is 9.59 Å². The lowest BCUT2D eigenvalue weighted by Crippen LogP contribution is -2.30. The number of carboxylic acids is 1. The number of carboxylic acid groups (broad SMARTS) is 1. The average Bonchev–Trinajstić information content (AvgIpc) is 3.13. The summed E-state index contributed by atoms with van der Waals surface area (Å²) in [5, 5.41) is 18.2. The fourth-order valence-electron chi connectivity index (χ4n) is 2.22. The topological polar surface area (TPSA) is 96.3 Å². The Bertz CT molecular complexity index is 520. The van der Waals surface area contributed by atoms with Gasteiger partial charge in [-0.15, -0.1) is 0 Å². The molecule has 1 fully saturated rings. The molecule has 0 saturated heterocycles. The Balaban J connectivity index is 1.97. The van der Waals surface area contributed by atoms with Gasteiger partial charge in [-0.05, 0) is 18.8 Å². The number of rotatable bonds is 7. The van der Waals surface area contributed by atoms with Gasteiger partial charge in [-0.1, -0.05) is 13.8 Å². The van der Waals surface area contributed by atoms with Gasteiger partial charge in [-0.25, -0.2) is 4.79 Å². The second kappa shape index (κ2) is 6.60. The molecular weight excluding hydrogens is 272 g/mol. The van der Waals surface area contributed by atoms with Crippen LogP contribution in [-0.4, -0.2) is 33.4 Å². The minimum atomic E-state index is -0.932. The normalized spacial score (nSPS) is 14.2. The zero-order chi connectivity index (χ0) is 15.4. The molecule has 1 aromatic rings. The van der Waals surface area contributed by atoms with Crippen molar-refractivity contribution in [1.29, 1.82) is 0 Å². The third-order valence-corrected chi connectivity index (χ3v) is 3.26. The number of hydrogen-bond donors (Lipinski definition) is 3. The first-order chi connectivity index (χ1) is 9.97. The number of anilines is 1. The summed E-state index contributed by atoms with van der Waals surface area (Å²) >= 11 is 0. The number of carbonyl (C=O) groups is 2. The molecule has 116 valence electrons. The van der Waals surface area contributed by atoms with E-state index in [1.54, 1.807) is 6.20 Å². The maximum Gasteiger partial charge on any atom is 0.319 e. The molecule has 7 heteroatoms. The van der Waals surface area contributed by atoms with Crippen LogP contribution in [0.1, 0.15) is 44.7 Å². The lowest BCUT2D eigenvalue weighted by Gasteiger charge is -2.11. The van der Waals surface area contributed by atoms with Crippen LogP contribution in [0.2, 0.25) is 0 Å². The third-order valence-electron chi connectivity index (χ3n) is 3.26. The molecule has 0 aromatic carbocycles. The zero-order valence-electron chi connectivity index (χ0n) is 12.4. The van der Waals surface area contributed by atoms with E-state index in [0.717, 1.165) is 30.8 Å². The van der Waals surface area contributed by atoms with Crippen LogP contribution >= 0.6 is 0 Å². The molecule has 1 aliphatic carbocycles. The number of urea groups is 1. The summed E-state index contributed by atoms with van der Waals surface area (Å²) in [5.41, 5.74) is 1.81. The largest absolute Gasteiger partial charge is 0.481 e. The predicted molar refractivity (Wildman–Crippen MR) is 78.3 cm³/mol. The number of carbonyl (C=O) groups excluding carboxylic acids is 1. The molecule has 1 aliphatic rings. The van der Waals surface area contributed by atoms with Gasteiger partial charge < -0.3 is 15.7 Å². The Kier molecular flexibility index (Phi) is 4.82. The van der Waals surface area contributed by atoms with Gasteiger partial charge in [0.15, 0.2) is 0 Å². The summed E-state index contributed by atoms with van der Waals surface area (Å²) < 4.78 is 1.97. The molecule has 0 atom stereocenters. The maximum atomic E-state index is 11.8. The molecule has 1 heterocycles. The van der Waals surface area contributed by atoms with Crippen molar-refractivity contribution in [3.63, 3.8) is 0 Å². The molecule has 7 nitrogen and oxygen atoms in total. The molecule has 2 amide bonds. The summed E-state index contributed by atoms with van der Waals surface area (Å²) in [6.07, 6.45) is 3.83. The van der Waals surface area contributed by atoms with E-state index >= 15 is 0 Å². The van der Waals surface area contributed by atoms with E-state index in [4.69, 9.17) is 5.11 Å². The fraction of sp³-hybridized carbons (Fsp3) is 0.643. The van der Waals surface area contributed by atoms with Crippen molar-refractivity contribution in [3.05, 3.63) is 11.9 Å². The first kappa shape index (κ1) is 15.3. The Hall–Kier alpha value is -2.05. The van der Waals surface area contributed by atoms with Gasteiger partial charge in [0.05, 0.1) is 24.0 Å². The lowest BCUT2D eigenvalue weighted by molar-refractivity contribution is -0.136. The molecule has 2 rings (SSSR count). The van der Waals surface area contributed by atoms with Gasteiger partial charge >= 0.3 is 12.0 Å². The lowest BCUT2D eigenvalue weighted by atomic mass is 10.2. The highest BCUT2D eigenvalue weighted by molar-refractivity contribution is 5.90. The molecule has 0 bridgehead atoms. The average molecular weight is 294 g/mol. The maximum absolute atomic E-state index is 11.8.